The fourth-order valence-corrected chi connectivity index (χ4v) is 5.12. The van der Waals surface area contributed by atoms with Crippen LogP contribution in [0, 0.1) is 0 Å². The van der Waals surface area contributed by atoms with Crippen LogP contribution in [0.4, 0.5) is 0 Å². The van der Waals surface area contributed by atoms with Gasteiger partial charge in [0.2, 0.25) is 0 Å². The van der Waals surface area contributed by atoms with Crippen LogP contribution in [-0.2, 0) is 5.41 Å². The topological polar surface area (TPSA) is 0 Å². The van der Waals surface area contributed by atoms with Gasteiger partial charge < -0.3 is 0 Å². The summed E-state index contributed by atoms with van der Waals surface area (Å²) in [5, 5.41) is 0. The molecule has 0 spiro atoms. The number of fused-ring (bicyclic) bond motifs is 3. The van der Waals surface area contributed by atoms with Crippen LogP contribution in [0.5, 0.6) is 0 Å². The molecule has 0 aromatic heterocycles. The molecule has 1 aliphatic rings. The predicted molar refractivity (Wildman–Crippen MR) is 111 cm³/mol. The fourth-order valence-electron chi connectivity index (χ4n) is 4.45. The van der Waals surface area contributed by atoms with Crippen LogP contribution in [0.15, 0.2) is 108 Å². The van der Waals surface area contributed by atoms with Crippen molar-refractivity contribution in [1.82, 2.24) is 0 Å². The van der Waals surface area contributed by atoms with Crippen molar-refractivity contribution in [3.05, 3.63) is 130 Å². The molecular weight excluding hydrogens is 380 g/mol. The number of hydrogen-bond acceptors (Lipinski definition) is 0. The van der Waals surface area contributed by atoms with Gasteiger partial charge in [-0.25, -0.2) is 0 Å². The second-order valence-electron chi connectivity index (χ2n) is 6.69. The Balaban J connectivity index is 2.01. The molecule has 0 N–H and O–H groups in total. The lowest BCUT2D eigenvalue weighted by Gasteiger charge is -2.34. The summed E-state index contributed by atoms with van der Waals surface area (Å²) in [4.78, 5) is 0. The summed E-state index contributed by atoms with van der Waals surface area (Å²) in [6.07, 6.45) is 0. The maximum Gasteiger partial charge on any atom is 0.0724 e. The van der Waals surface area contributed by atoms with Crippen LogP contribution in [0.25, 0.3) is 11.1 Å². The predicted octanol–water partition coefficient (Wildman–Crippen LogP) is 6.81. The average Bonchev–Trinajstić information content (AvgIpc) is 3.02. The average molecular weight is 397 g/mol. The second kappa shape index (κ2) is 5.96. The smallest absolute Gasteiger partial charge is 0.0622 e. The van der Waals surface area contributed by atoms with Gasteiger partial charge in [-0.3, -0.25) is 0 Å². The number of rotatable bonds is 2. The summed E-state index contributed by atoms with van der Waals surface area (Å²) >= 11 is 3.88. The van der Waals surface area contributed by atoms with E-state index in [-0.39, 0.29) is 5.41 Å². The normalized spacial score (nSPS) is 13.9. The molecule has 4 aromatic rings. The largest absolute Gasteiger partial charge is 0.0724 e. The molecule has 0 amide bonds. The second-order valence-corrected chi connectivity index (χ2v) is 7.54. The molecule has 0 unspecified atom stereocenters. The van der Waals surface area contributed by atoms with Gasteiger partial charge in [0.1, 0.15) is 0 Å². The van der Waals surface area contributed by atoms with Crippen LogP contribution in [0.2, 0.25) is 0 Å². The van der Waals surface area contributed by atoms with Crippen molar-refractivity contribution in [2.45, 2.75) is 5.41 Å². The SMILES string of the molecule is Brc1cccc2c1C(c1ccccc1)(c1ccccc1)c1ccccc1-2. The third-order valence-corrected chi connectivity index (χ3v) is 6.08. The Bertz CT molecular complexity index is 1040. The first-order valence-corrected chi connectivity index (χ1v) is 9.62. The molecule has 0 saturated heterocycles. The molecule has 0 aliphatic heterocycles. The first-order chi connectivity index (χ1) is 12.8. The zero-order valence-electron chi connectivity index (χ0n) is 14.2. The minimum Gasteiger partial charge on any atom is -0.0622 e. The van der Waals surface area contributed by atoms with Gasteiger partial charge in [0.25, 0.3) is 0 Å². The molecule has 1 heteroatoms. The Labute approximate surface area is 162 Å². The highest BCUT2D eigenvalue weighted by Gasteiger charge is 2.46. The Hall–Kier alpha value is -2.64. The Morgan fingerprint density at radius 2 is 1.04 bits per heavy atom. The summed E-state index contributed by atoms with van der Waals surface area (Å²) in [5.41, 5.74) is 7.58. The van der Waals surface area contributed by atoms with Gasteiger partial charge in [0.15, 0.2) is 0 Å². The van der Waals surface area contributed by atoms with Crippen LogP contribution in [0.3, 0.4) is 0 Å². The number of benzene rings is 4. The molecule has 0 nitrogen and oxygen atoms in total. The highest BCUT2D eigenvalue weighted by atomic mass is 79.9. The van der Waals surface area contributed by atoms with Crippen LogP contribution in [0.1, 0.15) is 22.3 Å². The Morgan fingerprint density at radius 3 is 1.69 bits per heavy atom. The molecule has 0 bridgehead atoms. The van der Waals surface area contributed by atoms with Gasteiger partial charge >= 0.3 is 0 Å². The first-order valence-electron chi connectivity index (χ1n) is 8.83. The summed E-state index contributed by atoms with van der Waals surface area (Å²) in [7, 11) is 0. The minimum atomic E-state index is -0.311. The van der Waals surface area contributed by atoms with Crippen molar-refractivity contribution in [3.63, 3.8) is 0 Å². The molecule has 5 rings (SSSR count). The molecular formula is C25H17Br. The van der Waals surface area contributed by atoms with Gasteiger partial charge in [-0.05, 0) is 39.4 Å². The van der Waals surface area contributed by atoms with Crippen LogP contribution in [-0.4, -0.2) is 0 Å². The third-order valence-electron chi connectivity index (χ3n) is 5.42. The zero-order chi connectivity index (χ0) is 17.6. The van der Waals surface area contributed by atoms with E-state index in [1.807, 2.05) is 0 Å². The van der Waals surface area contributed by atoms with Crippen LogP contribution >= 0.6 is 15.9 Å². The Kier molecular flexibility index (Phi) is 3.58. The third kappa shape index (κ3) is 2.01. The Morgan fingerprint density at radius 1 is 0.500 bits per heavy atom. The van der Waals surface area contributed by atoms with Gasteiger partial charge in [-0.1, -0.05) is 113 Å². The molecule has 4 aromatic carbocycles. The number of halogens is 1. The summed E-state index contributed by atoms with van der Waals surface area (Å²) < 4.78 is 1.15. The maximum absolute atomic E-state index is 3.88. The minimum absolute atomic E-state index is 0.311. The van der Waals surface area contributed by atoms with Crippen molar-refractivity contribution in [2.75, 3.05) is 0 Å². The molecule has 124 valence electrons. The summed E-state index contributed by atoms with van der Waals surface area (Å²) in [6.45, 7) is 0. The van der Waals surface area contributed by atoms with E-state index in [0.717, 1.165) is 4.47 Å². The molecule has 1 aliphatic carbocycles. The molecule has 0 atom stereocenters. The summed E-state index contributed by atoms with van der Waals surface area (Å²) in [5.74, 6) is 0. The highest BCUT2D eigenvalue weighted by molar-refractivity contribution is 9.10. The molecule has 0 heterocycles. The maximum atomic E-state index is 3.88. The van der Waals surface area contributed by atoms with E-state index in [1.165, 1.54) is 33.4 Å². The van der Waals surface area contributed by atoms with Gasteiger partial charge in [-0.2, -0.15) is 0 Å². The quantitative estimate of drug-likeness (QED) is 0.307. The highest BCUT2D eigenvalue weighted by Crippen LogP contribution is 2.57. The monoisotopic (exact) mass is 396 g/mol. The molecule has 0 fully saturated rings. The zero-order valence-corrected chi connectivity index (χ0v) is 15.8. The van der Waals surface area contributed by atoms with E-state index in [2.05, 4.69) is 119 Å². The lowest BCUT2D eigenvalue weighted by atomic mass is 9.68. The van der Waals surface area contributed by atoms with Crippen LogP contribution < -0.4 is 0 Å². The lowest BCUT2D eigenvalue weighted by molar-refractivity contribution is 0.764. The molecule has 0 saturated carbocycles. The molecule has 26 heavy (non-hydrogen) atoms. The van der Waals surface area contributed by atoms with E-state index < -0.39 is 0 Å². The van der Waals surface area contributed by atoms with E-state index >= 15 is 0 Å². The fraction of sp³-hybridized carbons (Fsp3) is 0.0400. The van der Waals surface area contributed by atoms with Crippen molar-refractivity contribution >= 4 is 15.9 Å². The number of hydrogen-bond donors (Lipinski definition) is 0. The van der Waals surface area contributed by atoms with Crippen molar-refractivity contribution < 1.29 is 0 Å². The first kappa shape index (κ1) is 15.6. The van der Waals surface area contributed by atoms with E-state index in [1.54, 1.807) is 0 Å². The van der Waals surface area contributed by atoms with E-state index in [9.17, 15) is 0 Å². The van der Waals surface area contributed by atoms with Crippen molar-refractivity contribution in [3.8, 4) is 11.1 Å². The summed E-state index contributed by atoms with van der Waals surface area (Å²) in [6, 6.07) is 37.1. The van der Waals surface area contributed by atoms with Gasteiger partial charge in [0.05, 0.1) is 5.41 Å². The van der Waals surface area contributed by atoms with Gasteiger partial charge in [0, 0.05) is 4.47 Å². The van der Waals surface area contributed by atoms with E-state index in [4.69, 9.17) is 0 Å². The lowest BCUT2D eigenvalue weighted by Crippen LogP contribution is -2.28. The molecule has 0 radical (unpaired) electrons. The van der Waals surface area contributed by atoms with Crippen molar-refractivity contribution in [1.29, 1.82) is 0 Å². The van der Waals surface area contributed by atoms with Gasteiger partial charge in [-0.15, -0.1) is 0 Å². The standard InChI is InChI=1S/C25H17Br/c26-23-17-9-15-21-20-14-7-8-16-22(20)25(24(21)23,18-10-3-1-4-11-18)19-12-5-2-6-13-19/h1-17H. The van der Waals surface area contributed by atoms with Crippen molar-refractivity contribution in [2.24, 2.45) is 0 Å². The van der Waals surface area contributed by atoms with E-state index in [0.29, 0.717) is 0 Å².